The minimum Gasteiger partial charge on any atom is -0.371 e. The van der Waals surface area contributed by atoms with Crippen molar-refractivity contribution in [2.24, 2.45) is 5.84 Å². The maximum atomic E-state index is 5.54. The number of ether oxygens (including phenoxy) is 1. The number of nitrogens with one attached hydrogen (secondary N) is 1. The van der Waals surface area contributed by atoms with Gasteiger partial charge >= 0.3 is 0 Å². The minimum atomic E-state index is -0.532. The van der Waals surface area contributed by atoms with Crippen molar-refractivity contribution in [1.29, 1.82) is 0 Å². The van der Waals surface area contributed by atoms with Crippen LogP contribution < -0.4 is 11.3 Å². The average molecular weight is 266 g/mol. The van der Waals surface area contributed by atoms with E-state index >= 15 is 0 Å². The van der Waals surface area contributed by atoms with E-state index in [1.54, 1.807) is 18.4 Å². The van der Waals surface area contributed by atoms with Crippen molar-refractivity contribution in [1.82, 2.24) is 9.97 Å². The molecule has 0 aliphatic heterocycles. The summed E-state index contributed by atoms with van der Waals surface area (Å²) in [6, 6.07) is 2.08. The number of nitrogens with two attached hydrogens (primary N) is 1. The lowest BCUT2D eigenvalue weighted by atomic mass is 10.1. The summed E-state index contributed by atoms with van der Waals surface area (Å²) in [6.45, 7) is 5.99. The minimum absolute atomic E-state index is 0.532. The highest BCUT2D eigenvalue weighted by molar-refractivity contribution is 7.18. The summed E-state index contributed by atoms with van der Waals surface area (Å²) in [6.07, 6.45) is 0.980. The fraction of sp³-hybridized carbons (Fsp3) is 0.500. The fourth-order valence-electron chi connectivity index (χ4n) is 1.62. The Hall–Kier alpha value is -1.24. The second-order valence-corrected chi connectivity index (χ2v) is 5.65. The van der Waals surface area contributed by atoms with Crippen LogP contribution in [-0.4, -0.2) is 17.1 Å². The van der Waals surface area contributed by atoms with Crippen LogP contribution in [0.4, 0.5) is 5.82 Å². The number of fused-ring (bicyclic) bond motifs is 1. The van der Waals surface area contributed by atoms with Gasteiger partial charge in [-0.15, -0.1) is 11.3 Å². The highest BCUT2D eigenvalue weighted by Gasteiger charge is 2.25. The molecule has 0 fully saturated rings. The van der Waals surface area contributed by atoms with Crippen LogP contribution in [0.25, 0.3) is 10.2 Å². The van der Waals surface area contributed by atoms with Crippen molar-refractivity contribution in [3.8, 4) is 0 Å². The molecule has 0 bridgehead atoms. The number of hydrazine groups is 1. The van der Waals surface area contributed by atoms with Gasteiger partial charge in [0.05, 0.1) is 5.39 Å². The predicted octanol–water partition coefficient (Wildman–Crippen LogP) is 2.42. The van der Waals surface area contributed by atoms with Crippen LogP contribution in [0.15, 0.2) is 6.07 Å². The lowest BCUT2D eigenvalue weighted by Crippen LogP contribution is -2.24. The first-order chi connectivity index (χ1) is 8.51. The normalized spacial score (nSPS) is 12.1. The van der Waals surface area contributed by atoms with Gasteiger partial charge in [-0.25, -0.2) is 15.8 Å². The van der Waals surface area contributed by atoms with Gasteiger partial charge in [0.15, 0.2) is 11.6 Å². The van der Waals surface area contributed by atoms with Gasteiger partial charge in [-0.05, 0) is 26.3 Å². The summed E-state index contributed by atoms with van der Waals surface area (Å²) in [5.74, 6) is 6.83. The van der Waals surface area contributed by atoms with Crippen LogP contribution in [0.1, 0.15) is 31.5 Å². The van der Waals surface area contributed by atoms with E-state index in [2.05, 4.69) is 28.4 Å². The molecule has 0 radical (unpaired) electrons. The molecule has 3 N–H and O–H groups in total. The van der Waals surface area contributed by atoms with Gasteiger partial charge in [0.25, 0.3) is 0 Å². The highest BCUT2D eigenvalue weighted by Crippen LogP contribution is 2.31. The average Bonchev–Trinajstić information content (AvgIpc) is 2.80. The van der Waals surface area contributed by atoms with Crippen LogP contribution in [0, 0.1) is 0 Å². The van der Waals surface area contributed by atoms with E-state index in [4.69, 9.17) is 10.6 Å². The summed E-state index contributed by atoms with van der Waals surface area (Å²) in [7, 11) is 1.65. The second kappa shape index (κ2) is 4.79. The number of nitrogens with zero attached hydrogens (tertiary/aromatic N) is 2. The first kappa shape index (κ1) is 13.2. The fourth-order valence-corrected chi connectivity index (χ4v) is 2.58. The molecule has 0 aliphatic rings. The molecule has 5 nitrogen and oxygen atoms in total. The van der Waals surface area contributed by atoms with Crippen LogP contribution >= 0.6 is 11.3 Å². The Morgan fingerprint density at radius 1 is 1.44 bits per heavy atom. The van der Waals surface area contributed by atoms with E-state index in [1.807, 2.05) is 13.8 Å². The van der Waals surface area contributed by atoms with Gasteiger partial charge in [0.2, 0.25) is 0 Å². The number of aryl methyl sites for hydroxylation is 1. The smallest absolute Gasteiger partial charge is 0.163 e. The number of rotatable bonds is 4. The summed E-state index contributed by atoms with van der Waals surface area (Å²) in [5, 5.41) is 0.968. The van der Waals surface area contributed by atoms with E-state index in [9.17, 15) is 0 Å². The van der Waals surface area contributed by atoms with Crippen LogP contribution in [-0.2, 0) is 16.8 Å². The third-order valence-corrected chi connectivity index (χ3v) is 4.15. The molecule has 0 saturated carbocycles. The van der Waals surface area contributed by atoms with Crippen molar-refractivity contribution < 1.29 is 4.74 Å². The van der Waals surface area contributed by atoms with Gasteiger partial charge in [-0.1, -0.05) is 6.92 Å². The third-order valence-electron chi connectivity index (χ3n) is 2.98. The van der Waals surface area contributed by atoms with Crippen molar-refractivity contribution in [3.63, 3.8) is 0 Å². The molecule has 0 atom stereocenters. The number of hydrogen-bond acceptors (Lipinski definition) is 6. The Labute approximate surface area is 110 Å². The van der Waals surface area contributed by atoms with Crippen LogP contribution in [0.2, 0.25) is 0 Å². The largest absolute Gasteiger partial charge is 0.371 e. The van der Waals surface area contributed by atoms with E-state index in [-0.39, 0.29) is 0 Å². The van der Waals surface area contributed by atoms with Gasteiger partial charge in [0, 0.05) is 12.0 Å². The summed E-state index contributed by atoms with van der Waals surface area (Å²) < 4.78 is 5.42. The number of nitrogen functional groups attached to an aromatic ring is 1. The van der Waals surface area contributed by atoms with E-state index < -0.39 is 5.60 Å². The van der Waals surface area contributed by atoms with Crippen molar-refractivity contribution in [3.05, 3.63) is 16.8 Å². The SMILES string of the molecule is CCc1cc2c(NN)nc(C(C)(C)OC)nc2s1. The van der Waals surface area contributed by atoms with Crippen molar-refractivity contribution in [2.45, 2.75) is 32.8 Å². The van der Waals surface area contributed by atoms with Gasteiger partial charge in [-0.3, -0.25) is 0 Å². The molecule has 0 spiro atoms. The topological polar surface area (TPSA) is 73.1 Å². The molecule has 98 valence electrons. The highest BCUT2D eigenvalue weighted by atomic mass is 32.1. The molecule has 2 aromatic heterocycles. The lowest BCUT2D eigenvalue weighted by Gasteiger charge is -2.21. The third kappa shape index (κ3) is 2.19. The summed E-state index contributed by atoms with van der Waals surface area (Å²) in [5.41, 5.74) is 2.11. The van der Waals surface area contributed by atoms with Crippen molar-refractivity contribution >= 4 is 27.4 Å². The Bertz CT molecular complexity index is 564. The van der Waals surface area contributed by atoms with E-state index in [0.29, 0.717) is 11.6 Å². The number of methoxy groups -OCH3 is 1. The molecule has 0 aromatic carbocycles. The lowest BCUT2D eigenvalue weighted by molar-refractivity contribution is 0.0119. The zero-order valence-electron chi connectivity index (χ0n) is 11.1. The zero-order chi connectivity index (χ0) is 13.3. The molecule has 0 amide bonds. The first-order valence-electron chi connectivity index (χ1n) is 5.84. The number of aromatic nitrogens is 2. The predicted molar refractivity (Wildman–Crippen MR) is 74.6 cm³/mol. The van der Waals surface area contributed by atoms with Gasteiger partial charge < -0.3 is 10.2 Å². The molecule has 2 heterocycles. The standard InChI is InChI=1S/C12H18N4OS/c1-5-7-6-8-9(16-13)14-11(12(2,3)17-4)15-10(8)18-7/h6H,5,13H2,1-4H3,(H,14,15,16). The number of thiophene rings is 1. The maximum Gasteiger partial charge on any atom is 0.163 e. The quantitative estimate of drug-likeness (QED) is 0.657. The summed E-state index contributed by atoms with van der Waals surface area (Å²) >= 11 is 1.67. The molecular formula is C12H18N4OS. The number of anilines is 1. The van der Waals surface area contributed by atoms with E-state index in [0.717, 1.165) is 16.6 Å². The number of hydrogen-bond donors (Lipinski definition) is 2. The van der Waals surface area contributed by atoms with Gasteiger partial charge in [0.1, 0.15) is 10.4 Å². The molecule has 2 rings (SSSR count). The van der Waals surface area contributed by atoms with Crippen LogP contribution in [0.5, 0.6) is 0 Å². The Kier molecular flexibility index (Phi) is 3.52. The Morgan fingerprint density at radius 3 is 2.72 bits per heavy atom. The molecular weight excluding hydrogens is 248 g/mol. The van der Waals surface area contributed by atoms with Gasteiger partial charge in [-0.2, -0.15) is 0 Å². The van der Waals surface area contributed by atoms with Crippen molar-refractivity contribution in [2.75, 3.05) is 12.5 Å². The molecule has 2 aromatic rings. The summed E-state index contributed by atoms with van der Waals surface area (Å²) in [4.78, 5) is 11.2. The van der Waals surface area contributed by atoms with E-state index in [1.165, 1.54) is 4.88 Å². The van der Waals surface area contributed by atoms with Crippen LogP contribution in [0.3, 0.4) is 0 Å². The Morgan fingerprint density at radius 2 is 2.17 bits per heavy atom. The zero-order valence-corrected chi connectivity index (χ0v) is 11.9. The molecule has 6 heteroatoms. The molecule has 0 aliphatic carbocycles. The second-order valence-electron chi connectivity index (χ2n) is 4.54. The first-order valence-corrected chi connectivity index (χ1v) is 6.66. The Balaban J connectivity index is 2.65. The maximum absolute atomic E-state index is 5.54. The molecule has 18 heavy (non-hydrogen) atoms. The molecule has 0 saturated heterocycles. The monoisotopic (exact) mass is 266 g/mol. The molecule has 0 unspecified atom stereocenters.